The molecule has 0 amide bonds. The van der Waals surface area contributed by atoms with Crippen molar-refractivity contribution in [1.82, 2.24) is 9.67 Å². The fraction of sp³-hybridized carbons (Fsp3) is 0.222. The summed E-state index contributed by atoms with van der Waals surface area (Å²) in [7, 11) is 1.73. The second-order valence-electron chi connectivity index (χ2n) is 2.88. The van der Waals surface area contributed by atoms with Gasteiger partial charge in [-0.05, 0) is 16.8 Å². The Morgan fingerprint density at radius 1 is 1.47 bits per heavy atom. The number of halogens is 1. The number of nitrogens with zero attached hydrogens (tertiary/aromatic N) is 3. The average Bonchev–Trinajstić information content (AvgIpc) is 2.23. The molecule has 2 aromatic heterocycles. The summed E-state index contributed by atoms with van der Waals surface area (Å²) >= 11 is 1.46. The Hall–Kier alpha value is -0.630. The summed E-state index contributed by atoms with van der Waals surface area (Å²) in [5, 5.41) is 5.00. The Kier molecular flexibility index (Phi) is 4.09. The van der Waals surface area contributed by atoms with Crippen molar-refractivity contribution in [1.29, 1.82) is 0 Å². The van der Waals surface area contributed by atoms with Crippen LogP contribution in [0, 0.1) is 0 Å². The van der Waals surface area contributed by atoms with Crippen LogP contribution in [0.3, 0.4) is 0 Å². The molecule has 0 aromatic carbocycles. The number of aromatic nitrogens is 3. The summed E-state index contributed by atoms with van der Waals surface area (Å²) in [6.07, 6.45) is 3.67. The maximum atomic E-state index is 11.8. The van der Waals surface area contributed by atoms with Gasteiger partial charge in [-0.1, -0.05) is 11.8 Å². The van der Waals surface area contributed by atoms with Gasteiger partial charge in [0.05, 0.1) is 0 Å². The molecule has 2 heterocycles. The molecule has 0 aliphatic heterocycles. The van der Waals surface area contributed by atoms with E-state index >= 15 is 0 Å². The van der Waals surface area contributed by atoms with Crippen molar-refractivity contribution in [2.24, 2.45) is 7.05 Å². The maximum Gasteiger partial charge on any atom is 0.327 e. The molecule has 0 atom stereocenters. The SMILES string of the molecule is CSc1n[n+]2ccccc2c(=O)n1C.[I-]. The van der Waals surface area contributed by atoms with E-state index in [0.29, 0.717) is 10.7 Å². The van der Waals surface area contributed by atoms with Crippen molar-refractivity contribution in [2.75, 3.05) is 6.26 Å². The fourth-order valence-corrected chi connectivity index (χ4v) is 1.81. The van der Waals surface area contributed by atoms with Gasteiger partial charge in [0.15, 0.2) is 0 Å². The highest BCUT2D eigenvalue weighted by Gasteiger charge is 2.13. The Balaban J connectivity index is 0.00000112. The van der Waals surface area contributed by atoms with Crippen molar-refractivity contribution in [3.05, 3.63) is 34.7 Å². The van der Waals surface area contributed by atoms with E-state index in [2.05, 4.69) is 5.10 Å². The lowest BCUT2D eigenvalue weighted by Crippen LogP contribution is -3.00. The number of thioether (sulfide) groups is 1. The maximum absolute atomic E-state index is 11.8. The highest BCUT2D eigenvalue weighted by Crippen LogP contribution is 2.05. The minimum absolute atomic E-state index is 0. The summed E-state index contributed by atoms with van der Waals surface area (Å²) in [6, 6.07) is 5.44. The summed E-state index contributed by atoms with van der Waals surface area (Å²) in [6.45, 7) is 0. The van der Waals surface area contributed by atoms with E-state index in [0.717, 1.165) is 0 Å². The average molecular weight is 335 g/mol. The Bertz CT molecular complexity index is 540. The molecular weight excluding hydrogens is 325 g/mol. The second kappa shape index (κ2) is 4.93. The third-order valence-corrected chi connectivity index (χ3v) is 2.75. The lowest BCUT2D eigenvalue weighted by Gasteiger charge is -1.99. The van der Waals surface area contributed by atoms with Gasteiger partial charge in [0.1, 0.15) is 0 Å². The van der Waals surface area contributed by atoms with Crippen molar-refractivity contribution < 1.29 is 28.5 Å². The molecule has 0 unspecified atom stereocenters. The van der Waals surface area contributed by atoms with Gasteiger partial charge in [-0.25, -0.2) is 0 Å². The molecule has 2 rings (SSSR count). The van der Waals surface area contributed by atoms with Crippen molar-refractivity contribution >= 4 is 17.3 Å². The van der Waals surface area contributed by atoms with Gasteiger partial charge in [-0.15, -0.1) is 0 Å². The molecule has 80 valence electrons. The Morgan fingerprint density at radius 2 is 2.20 bits per heavy atom. The van der Waals surface area contributed by atoms with Gasteiger partial charge in [0, 0.05) is 24.3 Å². The minimum Gasteiger partial charge on any atom is -1.00 e. The van der Waals surface area contributed by atoms with E-state index in [4.69, 9.17) is 0 Å². The standard InChI is InChI=1S/C9H10N3OS.HI/c1-11-8(13)7-5-3-4-6-12(7)10-9(11)14-2;/h3-6H,1-2H3;1H/q+1;/p-1. The van der Waals surface area contributed by atoms with Crippen LogP contribution >= 0.6 is 11.8 Å². The largest absolute Gasteiger partial charge is 1.00 e. The molecule has 0 aliphatic rings. The van der Waals surface area contributed by atoms with Crippen LogP contribution in [-0.4, -0.2) is 15.9 Å². The first-order chi connectivity index (χ1) is 6.74. The predicted octanol–water partition coefficient (Wildman–Crippen LogP) is -2.76. The second-order valence-corrected chi connectivity index (χ2v) is 3.65. The van der Waals surface area contributed by atoms with Crippen LogP contribution in [-0.2, 0) is 7.05 Å². The zero-order valence-electron chi connectivity index (χ0n) is 8.35. The van der Waals surface area contributed by atoms with Crippen LogP contribution in [0.25, 0.3) is 5.52 Å². The van der Waals surface area contributed by atoms with Gasteiger partial charge in [0.2, 0.25) is 11.4 Å². The number of rotatable bonds is 1. The van der Waals surface area contributed by atoms with Crippen LogP contribution in [0.2, 0.25) is 0 Å². The topological polar surface area (TPSA) is 39.0 Å². The number of pyridine rings is 1. The molecule has 0 saturated heterocycles. The Morgan fingerprint density at radius 3 is 2.87 bits per heavy atom. The van der Waals surface area contributed by atoms with Crippen molar-refractivity contribution in [2.45, 2.75) is 5.16 Å². The van der Waals surface area contributed by atoms with Gasteiger partial charge in [0.25, 0.3) is 0 Å². The monoisotopic (exact) mass is 335 g/mol. The smallest absolute Gasteiger partial charge is 0.327 e. The highest BCUT2D eigenvalue weighted by atomic mass is 127. The third kappa shape index (κ3) is 2.15. The van der Waals surface area contributed by atoms with E-state index in [-0.39, 0.29) is 29.5 Å². The minimum atomic E-state index is -0.0232. The molecule has 0 aliphatic carbocycles. The van der Waals surface area contributed by atoms with Crippen LogP contribution in [0.15, 0.2) is 34.3 Å². The first-order valence-corrected chi connectivity index (χ1v) is 5.38. The van der Waals surface area contributed by atoms with Crippen LogP contribution in [0.5, 0.6) is 0 Å². The van der Waals surface area contributed by atoms with E-state index < -0.39 is 0 Å². The first-order valence-electron chi connectivity index (χ1n) is 4.16. The molecule has 0 saturated carbocycles. The summed E-state index contributed by atoms with van der Waals surface area (Å²) < 4.78 is 3.16. The van der Waals surface area contributed by atoms with Gasteiger partial charge in [-0.3, -0.25) is 9.36 Å². The number of hydrogen-bond donors (Lipinski definition) is 0. The first kappa shape index (κ1) is 12.4. The lowest BCUT2D eigenvalue weighted by molar-refractivity contribution is -0.587. The van der Waals surface area contributed by atoms with Crippen molar-refractivity contribution in [3.63, 3.8) is 0 Å². The lowest BCUT2D eigenvalue weighted by atomic mass is 10.4. The van der Waals surface area contributed by atoms with Crippen molar-refractivity contribution in [3.8, 4) is 0 Å². The molecule has 4 nitrogen and oxygen atoms in total. The molecule has 2 aromatic rings. The summed E-state index contributed by atoms with van der Waals surface area (Å²) in [5.74, 6) is 0. The fourth-order valence-electron chi connectivity index (χ4n) is 1.29. The van der Waals surface area contributed by atoms with Gasteiger partial charge in [-0.2, -0.15) is 0 Å². The van der Waals surface area contributed by atoms with Crippen LogP contribution in [0.4, 0.5) is 0 Å². The molecule has 0 radical (unpaired) electrons. The molecule has 15 heavy (non-hydrogen) atoms. The van der Waals surface area contributed by atoms with E-state index in [9.17, 15) is 4.79 Å². The van der Waals surface area contributed by atoms with Crippen LogP contribution in [0.1, 0.15) is 0 Å². The third-order valence-electron chi connectivity index (χ3n) is 2.03. The highest BCUT2D eigenvalue weighted by molar-refractivity contribution is 7.98. The number of hydrogen-bond acceptors (Lipinski definition) is 3. The molecule has 6 heteroatoms. The molecular formula is C9H10IN3OS. The zero-order chi connectivity index (χ0) is 10.1. The van der Waals surface area contributed by atoms with E-state index in [1.807, 2.05) is 18.4 Å². The zero-order valence-corrected chi connectivity index (χ0v) is 11.3. The molecule has 0 fully saturated rings. The summed E-state index contributed by atoms with van der Waals surface area (Å²) in [4.78, 5) is 11.8. The summed E-state index contributed by atoms with van der Waals surface area (Å²) in [5.41, 5.74) is 0.567. The van der Waals surface area contributed by atoms with Gasteiger partial charge >= 0.3 is 11.1 Å². The molecule has 0 spiro atoms. The molecule has 0 N–H and O–H groups in total. The normalized spacial score (nSPS) is 10.0. The van der Waals surface area contributed by atoms with Crippen LogP contribution < -0.4 is 34.1 Å². The van der Waals surface area contributed by atoms with E-state index in [1.165, 1.54) is 11.8 Å². The Labute approximate surface area is 108 Å². The van der Waals surface area contributed by atoms with Gasteiger partial charge < -0.3 is 24.0 Å². The predicted molar refractivity (Wildman–Crippen MR) is 54.4 cm³/mol. The quantitative estimate of drug-likeness (QED) is 0.322. The van der Waals surface area contributed by atoms with E-state index in [1.54, 1.807) is 28.4 Å². The number of fused-ring (bicyclic) bond motifs is 1. The molecule has 0 bridgehead atoms.